The van der Waals surface area contributed by atoms with E-state index in [4.69, 9.17) is 0 Å². The predicted octanol–water partition coefficient (Wildman–Crippen LogP) is 8.11. The molecule has 9 nitrogen and oxygen atoms in total. The molecule has 2 atom stereocenters. The molecule has 14 heteroatoms. The molecular formula is C39H36F4N4O5S. The molecule has 2 aromatic heterocycles. The smallest absolute Gasteiger partial charge is 0.480 e. The van der Waals surface area contributed by atoms with Crippen LogP contribution in [-0.4, -0.2) is 51.3 Å². The number of halogens is 4. The number of carbonyl (C=O) groups excluding carboxylic acids is 2. The molecular weight excluding hydrogens is 713 g/mol. The Hall–Kier alpha value is -5.63. The highest BCUT2D eigenvalue weighted by Gasteiger charge is 2.32. The van der Waals surface area contributed by atoms with Crippen LogP contribution in [0.1, 0.15) is 53.4 Å². The van der Waals surface area contributed by atoms with Crippen LogP contribution in [0, 0.1) is 12.7 Å². The lowest BCUT2D eigenvalue weighted by atomic mass is 9.95. The minimum absolute atomic E-state index is 0.0712. The second-order valence-electron chi connectivity index (χ2n) is 13.4. The Labute approximate surface area is 307 Å². The van der Waals surface area contributed by atoms with Crippen LogP contribution < -0.4 is 15.4 Å². The lowest BCUT2D eigenvalue weighted by molar-refractivity contribution is -0.274. The molecule has 0 aliphatic carbocycles. The maximum atomic E-state index is 15.3. The SMILES string of the molecule is Cc1cc(-c2ccc(-c3cnc(-c4ccc(C[C@H](NC(=O)c5ccc(C(C)(C)C)s5)C(=O)N[C@H](C)C(=O)O)cc4)nc3)c(F)c2)ccc1OC(F)(F)F. The summed E-state index contributed by atoms with van der Waals surface area (Å²) in [6.45, 7) is 8.89. The molecule has 0 fully saturated rings. The number of rotatable bonds is 11. The Bertz CT molecular complexity index is 2130. The number of nitrogens with one attached hydrogen (secondary N) is 2. The van der Waals surface area contributed by atoms with Crippen molar-refractivity contribution < 1.29 is 41.8 Å². The van der Waals surface area contributed by atoms with Gasteiger partial charge in [0.25, 0.3) is 5.91 Å². The number of aromatic nitrogens is 2. The van der Waals surface area contributed by atoms with Crippen LogP contribution in [0.25, 0.3) is 33.6 Å². The average Bonchev–Trinajstić information content (AvgIpc) is 3.61. The maximum absolute atomic E-state index is 15.3. The largest absolute Gasteiger partial charge is 0.573 e. The van der Waals surface area contributed by atoms with Crippen LogP contribution in [0.15, 0.2) is 85.2 Å². The summed E-state index contributed by atoms with van der Waals surface area (Å²) in [6.07, 6.45) is -1.81. The van der Waals surface area contributed by atoms with Crippen molar-refractivity contribution in [2.75, 3.05) is 0 Å². The van der Waals surface area contributed by atoms with Gasteiger partial charge in [-0.15, -0.1) is 24.5 Å². The van der Waals surface area contributed by atoms with Crippen molar-refractivity contribution >= 4 is 29.1 Å². The number of aliphatic carboxylic acids is 1. The number of hydrogen-bond acceptors (Lipinski definition) is 7. The fraction of sp³-hybridized carbons (Fsp3) is 0.256. The van der Waals surface area contributed by atoms with E-state index in [0.29, 0.717) is 38.5 Å². The van der Waals surface area contributed by atoms with Crippen molar-refractivity contribution in [3.63, 3.8) is 0 Å². The number of ether oxygens (including phenoxy) is 1. The van der Waals surface area contributed by atoms with Gasteiger partial charge < -0.3 is 20.5 Å². The van der Waals surface area contributed by atoms with Gasteiger partial charge in [-0.2, -0.15) is 0 Å². The summed E-state index contributed by atoms with van der Waals surface area (Å²) in [5, 5.41) is 14.5. The van der Waals surface area contributed by atoms with Gasteiger partial charge in [0.1, 0.15) is 23.7 Å². The molecule has 0 unspecified atom stereocenters. The van der Waals surface area contributed by atoms with Crippen LogP contribution in [0.3, 0.4) is 0 Å². The van der Waals surface area contributed by atoms with Crippen molar-refractivity contribution in [2.24, 2.45) is 0 Å². The van der Waals surface area contributed by atoms with Gasteiger partial charge >= 0.3 is 12.3 Å². The molecule has 53 heavy (non-hydrogen) atoms. The number of alkyl halides is 3. The first-order valence-electron chi connectivity index (χ1n) is 16.4. The quantitative estimate of drug-likeness (QED) is 0.116. The lowest BCUT2D eigenvalue weighted by Gasteiger charge is -2.20. The number of amides is 2. The molecule has 5 aromatic rings. The first-order chi connectivity index (χ1) is 24.9. The third kappa shape index (κ3) is 9.83. The topological polar surface area (TPSA) is 131 Å². The van der Waals surface area contributed by atoms with Crippen molar-refractivity contribution in [1.29, 1.82) is 0 Å². The van der Waals surface area contributed by atoms with Crippen LogP contribution in [0.2, 0.25) is 0 Å². The molecule has 0 saturated carbocycles. The zero-order valence-corrected chi connectivity index (χ0v) is 30.2. The van der Waals surface area contributed by atoms with Crippen molar-refractivity contribution in [1.82, 2.24) is 20.6 Å². The summed E-state index contributed by atoms with van der Waals surface area (Å²) in [7, 11) is 0. The van der Waals surface area contributed by atoms with E-state index in [1.54, 1.807) is 36.4 Å². The molecule has 0 aliphatic heterocycles. The van der Waals surface area contributed by atoms with E-state index < -0.39 is 42.0 Å². The molecule has 5 rings (SSSR count). The third-order valence-corrected chi connectivity index (χ3v) is 9.75. The Morgan fingerprint density at radius 1 is 0.849 bits per heavy atom. The Morgan fingerprint density at radius 3 is 2.04 bits per heavy atom. The predicted molar refractivity (Wildman–Crippen MR) is 193 cm³/mol. The summed E-state index contributed by atoms with van der Waals surface area (Å²) in [4.78, 5) is 47.9. The second-order valence-corrected chi connectivity index (χ2v) is 14.5. The van der Waals surface area contributed by atoms with Gasteiger partial charge in [-0.25, -0.2) is 14.4 Å². The number of carbonyl (C=O) groups is 3. The molecule has 0 spiro atoms. The molecule has 276 valence electrons. The minimum Gasteiger partial charge on any atom is -0.480 e. The van der Waals surface area contributed by atoms with E-state index >= 15 is 4.39 Å². The van der Waals surface area contributed by atoms with Gasteiger partial charge in [0.15, 0.2) is 5.82 Å². The van der Waals surface area contributed by atoms with Gasteiger partial charge in [-0.1, -0.05) is 63.2 Å². The summed E-state index contributed by atoms with van der Waals surface area (Å²) in [6, 6.07) is 16.8. The number of thiophene rings is 1. The minimum atomic E-state index is -4.82. The van der Waals surface area contributed by atoms with Crippen LogP contribution in [-0.2, 0) is 21.4 Å². The number of nitrogens with zero attached hydrogens (tertiary/aromatic N) is 2. The Morgan fingerprint density at radius 2 is 1.47 bits per heavy atom. The van der Waals surface area contributed by atoms with Gasteiger partial charge in [-0.05, 0) is 71.8 Å². The zero-order chi connectivity index (χ0) is 38.7. The highest BCUT2D eigenvalue weighted by atomic mass is 32.1. The first kappa shape index (κ1) is 38.6. The molecule has 0 aliphatic rings. The monoisotopic (exact) mass is 748 g/mol. The van der Waals surface area contributed by atoms with E-state index in [1.165, 1.54) is 67.9 Å². The van der Waals surface area contributed by atoms with E-state index in [-0.39, 0.29) is 28.7 Å². The van der Waals surface area contributed by atoms with Crippen LogP contribution in [0.4, 0.5) is 17.6 Å². The summed E-state index contributed by atoms with van der Waals surface area (Å²) < 4.78 is 57.2. The van der Waals surface area contributed by atoms with Gasteiger partial charge in [-0.3, -0.25) is 14.4 Å². The lowest BCUT2D eigenvalue weighted by Crippen LogP contribution is -2.51. The molecule has 2 heterocycles. The molecule has 0 bridgehead atoms. The van der Waals surface area contributed by atoms with Gasteiger partial charge in [0.05, 0.1) is 4.88 Å². The third-order valence-electron chi connectivity index (χ3n) is 8.24. The number of aryl methyl sites for hydroxylation is 1. The average molecular weight is 749 g/mol. The molecule has 2 amide bonds. The second kappa shape index (κ2) is 15.5. The fourth-order valence-corrected chi connectivity index (χ4v) is 6.28. The van der Waals surface area contributed by atoms with Crippen LogP contribution in [0.5, 0.6) is 5.75 Å². The molecule has 3 N–H and O–H groups in total. The van der Waals surface area contributed by atoms with Crippen LogP contribution >= 0.6 is 11.3 Å². The van der Waals surface area contributed by atoms with E-state index in [2.05, 4.69) is 25.3 Å². The van der Waals surface area contributed by atoms with E-state index in [9.17, 15) is 32.7 Å². The van der Waals surface area contributed by atoms with Gasteiger partial charge in [0.2, 0.25) is 5.91 Å². The Balaban J connectivity index is 1.29. The summed E-state index contributed by atoms with van der Waals surface area (Å²) in [5.41, 5.74) is 2.99. The van der Waals surface area contributed by atoms with Gasteiger partial charge in [0, 0.05) is 40.4 Å². The van der Waals surface area contributed by atoms with E-state index in [1.807, 2.05) is 26.8 Å². The molecule has 0 saturated heterocycles. The standard InChI is InChI=1S/C39H36F4N4O5S/c1-21-16-25(11-13-31(21)52-39(41,42)43)26-10-12-28(29(40)18-26)27-19-44-34(45-20-27)24-8-6-23(7-9-24)17-30(35(48)46-22(2)37(50)51)47-36(49)32-14-15-33(53-32)38(3,4)5/h6-16,18-20,22,30H,17H2,1-5H3,(H,46,48)(H,47,49)(H,50,51)/t22-,30+/m1/s1. The Kier molecular flexibility index (Phi) is 11.3. The van der Waals surface area contributed by atoms with Crippen molar-refractivity contribution in [3.05, 3.63) is 112 Å². The fourth-order valence-electron chi connectivity index (χ4n) is 5.32. The van der Waals surface area contributed by atoms with Crippen molar-refractivity contribution in [2.45, 2.75) is 64.9 Å². The van der Waals surface area contributed by atoms with E-state index in [0.717, 1.165) is 4.88 Å². The number of benzene rings is 3. The first-order valence-corrected chi connectivity index (χ1v) is 17.2. The summed E-state index contributed by atoms with van der Waals surface area (Å²) in [5.74, 6) is -2.87. The highest BCUT2D eigenvalue weighted by molar-refractivity contribution is 7.14. The maximum Gasteiger partial charge on any atom is 0.573 e. The number of carboxylic acid groups (broad SMARTS) is 1. The summed E-state index contributed by atoms with van der Waals surface area (Å²) >= 11 is 1.32. The molecule has 0 radical (unpaired) electrons. The number of carboxylic acids is 1. The normalized spacial score (nSPS) is 12.8. The zero-order valence-electron chi connectivity index (χ0n) is 29.3. The van der Waals surface area contributed by atoms with Crippen molar-refractivity contribution in [3.8, 4) is 39.4 Å². The molecule has 3 aromatic carbocycles. The number of hydrogen-bond donors (Lipinski definition) is 3. The highest BCUT2D eigenvalue weighted by Crippen LogP contribution is 2.33.